The van der Waals surface area contributed by atoms with Crippen molar-refractivity contribution >= 4 is 28.4 Å². The highest BCUT2D eigenvalue weighted by Gasteiger charge is 2.13. The molecule has 1 aromatic heterocycles. The number of alkyl halides is 2. The van der Waals surface area contributed by atoms with Gasteiger partial charge in [-0.15, -0.1) is 11.3 Å². The van der Waals surface area contributed by atoms with Crippen molar-refractivity contribution in [2.75, 3.05) is 11.9 Å². The van der Waals surface area contributed by atoms with Crippen LogP contribution in [-0.2, 0) is 4.79 Å². The van der Waals surface area contributed by atoms with E-state index in [0.717, 1.165) is 10.4 Å². The smallest absolute Gasteiger partial charge is 0.387 e. The van der Waals surface area contributed by atoms with Gasteiger partial charge in [-0.05, 0) is 44.0 Å². The van der Waals surface area contributed by atoms with Crippen molar-refractivity contribution in [1.29, 1.82) is 0 Å². The van der Waals surface area contributed by atoms with Gasteiger partial charge in [0.15, 0.2) is 5.13 Å². The Hall–Kier alpha value is -2.75. The Morgan fingerprint density at radius 2 is 1.96 bits per heavy atom. The van der Waals surface area contributed by atoms with Crippen LogP contribution in [0.1, 0.15) is 24.1 Å². The van der Waals surface area contributed by atoms with Crippen molar-refractivity contribution in [2.45, 2.75) is 32.8 Å². The number of halogens is 2. The number of unbranched alkanes of at least 4 members (excludes halogenated alkanes) is 1. The quantitative estimate of drug-likeness (QED) is 0.562. The SMILES string of the molecule is Cc1sc(NC(=O)CCCCNC(N)=O)nc1-c1ccc(OC(F)F)cc1. The molecule has 1 heterocycles. The fourth-order valence-electron chi connectivity index (χ4n) is 2.32. The topological polar surface area (TPSA) is 106 Å². The van der Waals surface area contributed by atoms with Gasteiger partial charge in [0.1, 0.15) is 5.75 Å². The Morgan fingerprint density at radius 1 is 1.26 bits per heavy atom. The summed E-state index contributed by atoms with van der Waals surface area (Å²) in [6.45, 7) is -0.582. The summed E-state index contributed by atoms with van der Waals surface area (Å²) in [7, 11) is 0. The lowest BCUT2D eigenvalue weighted by molar-refractivity contribution is -0.116. The minimum atomic E-state index is -2.87. The maximum Gasteiger partial charge on any atom is 0.387 e. The maximum absolute atomic E-state index is 12.2. The van der Waals surface area contributed by atoms with Gasteiger partial charge in [-0.1, -0.05) is 0 Å². The zero-order valence-electron chi connectivity index (χ0n) is 14.6. The number of carbonyl (C=O) groups is 2. The molecule has 0 aliphatic heterocycles. The Balaban J connectivity index is 1.90. The summed E-state index contributed by atoms with van der Waals surface area (Å²) in [6.07, 6.45) is 1.55. The molecule has 0 spiro atoms. The Kier molecular flexibility index (Phi) is 7.47. The van der Waals surface area contributed by atoms with Gasteiger partial charge in [0.05, 0.1) is 5.69 Å². The van der Waals surface area contributed by atoms with Crippen LogP contribution in [0.3, 0.4) is 0 Å². The molecule has 7 nitrogen and oxygen atoms in total. The van der Waals surface area contributed by atoms with Gasteiger partial charge in [-0.3, -0.25) is 4.79 Å². The number of ether oxygens (including phenoxy) is 1. The highest BCUT2D eigenvalue weighted by molar-refractivity contribution is 7.16. The minimum Gasteiger partial charge on any atom is -0.435 e. The summed E-state index contributed by atoms with van der Waals surface area (Å²) in [6, 6.07) is 5.57. The van der Waals surface area contributed by atoms with Crippen molar-refractivity contribution in [2.24, 2.45) is 5.73 Å². The van der Waals surface area contributed by atoms with Gasteiger partial charge in [0, 0.05) is 23.4 Å². The van der Waals surface area contributed by atoms with Crippen LogP contribution in [0.15, 0.2) is 24.3 Å². The number of aryl methyl sites for hydroxylation is 1. The average molecular weight is 398 g/mol. The molecule has 0 aliphatic carbocycles. The number of hydrogen-bond donors (Lipinski definition) is 3. The molecule has 146 valence electrons. The van der Waals surface area contributed by atoms with E-state index >= 15 is 0 Å². The molecule has 27 heavy (non-hydrogen) atoms. The zero-order valence-corrected chi connectivity index (χ0v) is 15.4. The Morgan fingerprint density at radius 3 is 2.59 bits per heavy atom. The van der Waals surface area contributed by atoms with Gasteiger partial charge in [-0.25, -0.2) is 9.78 Å². The van der Waals surface area contributed by atoms with E-state index in [0.29, 0.717) is 36.6 Å². The van der Waals surface area contributed by atoms with E-state index in [9.17, 15) is 18.4 Å². The minimum absolute atomic E-state index is 0.0704. The first-order valence-electron chi connectivity index (χ1n) is 8.21. The number of nitrogens with one attached hydrogen (secondary N) is 2. The first kappa shape index (κ1) is 20.6. The fourth-order valence-corrected chi connectivity index (χ4v) is 3.17. The predicted molar refractivity (Wildman–Crippen MR) is 99.0 cm³/mol. The van der Waals surface area contributed by atoms with Crippen molar-refractivity contribution < 1.29 is 23.1 Å². The lowest BCUT2D eigenvalue weighted by Crippen LogP contribution is -2.30. The zero-order chi connectivity index (χ0) is 19.8. The summed E-state index contributed by atoms with van der Waals surface area (Å²) in [5.74, 6) is -0.101. The number of amides is 3. The van der Waals surface area contributed by atoms with Gasteiger partial charge in [-0.2, -0.15) is 8.78 Å². The van der Waals surface area contributed by atoms with E-state index in [2.05, 4.69) is 20.4 Å². The second-order valence-electron chi connectivity index (χ2n) is 5.62. The van der Waals surface area contributed by atoms with Crippen LogP contribution in [-0.4, -0.2) is 30.1 Å². The predicted octanol–water partition coefficient (Wildman–Crippen LogP) is 3.50. The normalized spacial score (nSPS) is 10.7. The van der Waals surface area contributed by atoms with E-state index in [4.69, 9.17) is 5.73 Å². The van der Waals surface area contributed by atoms with E-state index < -0.39 is 12.6 Å². The molecule has 4 N–H and O–H groups in total. The highest BCUT2D eigenvalue weighted by Crippen LogP contribution is 2.31. The highest BCUT2D eigenvalue weighted by atomic mass is 32.1. The molecule has 0 bridgehead atoms. The van der Waals surface area contributed by atoms with Gasteiger partial charge in [0.2, 0.25) is 5.91 Å². The number of urea groups is 1. The fraction of sp³-hybridized carbons (Fsp3) is 0.353. The number of thiazole rings is 1. The molecule has 1 aromatic carbocycles. The van der Waals surface area contributed by atoms with Gasteiger partial charge >= 0.3 is 12.6 Å². The Labute approximate surface area is 158 Å². The van der Waals surface area contributed by atoms with Crippen molar-refractivity contribution in [3.63, 3.8) is 0 Å². The van der Waals surface area contributed by atoms with Crippen LogP contribution in [0.25, 0.3) is 11.3 Å². The molecule has 3 amide bonds. The van der Waals surface area contributed by atoms with E-state index in [1.807, 2.05) is 6.92 Å². The van der Waals surface area contributed by atoms with Crippen LogP contribution >= 0.6 is 11.3 Å². The summed E-state index contributed by atoms with van der Waals surface area (Å²) < 4.78 is 28.7. The van der Waals surface area contributed by atoms with Crippen molar-refractivity contribution in [3.05, 3.63) is 29.1 Å². The molecule has 0 saturated heterocycles. The van der Waals surface area contributed by atoms with Crippen LogP contribution in [0.2, 0.25) is 0 Å². The third-order valence-electron chi connectivity index (χ3n) is 3.53. The van der Waals surface area contributed by atoms with E-state index in [1.165, 1.54) is 23.5 Å². The van der Waals surface area contributed by atoms with E-state index in [1.54, 1.807) is 12.1 Å². The first-order valence-corrected chi connectivity index (χ1v) is 9.02. The van der Waals surface area contributed by atoms with Crippen LogP contribution < -0.4 is 21.1 Å². The first-order chi connectivity index (χ1) is 12.8. The lowest BCUT2D eigenvalue weighted by Gasteiger charge is -2.05. The molecule has 2 aromatic rings. The number of primary amides is 1. The number of aromatic nitrogens is 1. The molecule has 10 heteroatoms. The molecular formula is C17H20F2N4O3S. The molecule has 0 fully saturated rings. The monoisotopic (exact) mass is 398 g/mol. The molecule has 2 rings (SSSR count). The van der Waals surface area contributed by atoms with Gasteiger partial charge in [0.25, 0.3) is 0 Å². The number of carbonyl (C=O) groups excluding carboxylic acids is 2. The second-order valence-corrected chi connectivity index (χ2v) is 6.83. The molecule has 0 atom stereocenters. The summed E-state index contributed by atoms with van der Waals surface area (Å²) in [5, 5.41) is 5.67. The Bertz CT molecular complexity index is 781. The van der Waals surface area contributed by atoms with Crippen LogP contribution in [0, 0.1) is 6.92 Å². The average Bonchev–Trinajstić information content (AvgIpc) is 2.94. The number of hydrogen-bond acceptors (Lipinski definition) is 5. The summed E-state index contributed by atoms with van der Waals surface area (Å²) >= 11 is 1.33. The molecule has 0 unspecified atom stereocenters. The van der Waals surface area contributed by atoms with Crippen LogP contribution in [0.5, 0.6) is 5.75 Å². The second kappa shape index (κ2) is 9.81. The largest absolute Gasteiger partial charge is 0.435 e. The molecule has 0 radical (unpaired) electrons. The molecule has 0 aliphatic rings. The maximum atomic E-state index is 12.2. The van der Waals surface area contributed by atoms with Gasteiger partial charge < -0.3 is 21.1 Å². The van der Waals surface area contributed by atoms with Crippen LogP contribution in [0.4, 0.5) is 18.7 Å². The number of rotatable bonds is 9. The lowest BCUT2D eigenvalue weighted by atomic mass is 10.1. The molecule has 0 saturated carbocycles. The number of nitrogens with zero attached hydrogens (tertiary/aromatic N) is 1. The number of nitrogens with two attached hydrogens (primary N) is 1. The van der Waals surface area contributed by atoms with E-state index in [-0.39, 0.29) is 11.7 Å². The summed E-state index contributed by atoms with van der Waals surface area (Å²) in [5.41, 5.74) is 6.36. The summed E-state index contributed by atoms with van der Waals surface area (Å²) in [4.78, 5) is 27.8. The standard InChI is InChI=1S/C17H20F2N4O3S/c1-10-14(11-5-7-12(8-6-11)26-15(18)19)23-17(27-10)22-13(24)4-2-3-9-21-16(20)25/h5-8,15H,2-4,9H2,1H3,(H3,20,21,25)(H,22,23,24). The number of benzene rings is 1. The third kappa shape index (κ3) is 6.81. The van der Waals surface area contributed by atoms with Crippen molar-refractivity contribution in [3.8, 4) is 17.0 Å². The third-order valence-corrected chi connectivity index (χ3v) is 4.41. The van der Waals surface area contributed by atoms with Crippen molar-refractivity contribution in [1.82, 2.24) is 10.3 Å². The molecular weight excluding hydrogens is 378 g/mol. The number of anilines is 1.